The molecule has 1 aromatic carbocycles. The van der Waals surface area contributed by atoms with Gasteiger partial charge in [0.1, 0.15) is 6.54 Å². The molecule has 0 unspecified atom stereocenters. The Bertz CT molecular complexity index is 1280. The van der Waals surface area contributed by atoms with Crippen LogP contribution in [0, 0.1) is 0 Å². The van der Waals surface area contributed by atoms with Gasteiger partial charge >= 0.3 is 0 Å². The Labute approximate surface area is 193 Å². The lowest BCUT2D eigenvalue weighted by molar-refractivity contribution is -0.116. The van der Waals surface area contributed by atoms with Crippen molar-refractivity contribution in [3.05, 3.63) is 52.9 Å². The van der Waals surface area contributed by atoms with Crippen LogP contribution in [0.4, 0.5) is 5.69 Å². The molecule has 0 atom stereocenters. The SMILES string of the molecule is CCN(CC)S(=O)(=O)c1ccc(=O)n(CC(=O)Nc2cccc(S(=O)(=O)N3CCCC3)c2)c1. The summed E-state index contributed by atoms with van der Waals surface area (Å²) in [7, 11) is -7.44. The van der Waals surface area contributed by atoms with Crippen LogP contribution in [-0.4, -0.2) is 62.1 Å². The predicted molar refractivity (Wildman–Crippen MR) is 124 cm³/mol. The third-order valence-electron chi connectivity index (χ3n) is 5.43. The van der Waals surface area contributed by atoms with Crippen molar-refractivity contribution in [1.82, 2.24) is 13.2 Å². The van der Waals surface area contributed by atoms with E-state index in [1.165, 1.54) is 32.9 Å². The fourth-order valence-corrected chi connectivity index (χ4v) is 6.71. The summed E-state index contributed by atoms with van der Waals surface area (Å²) in [5.41, 5.74) is -0.269. The first-order chi connectivity index (χ1) is 15.6. The topological polar surface area (TPSA) is 126 Å². The van der Waals surface area contributed by atoms with Gasteiger partial charge in [0.2, 0.25) is 26.0 Å². The first-order valence-electron chi connectivity index (χ1n) is 10.7. The van der Waals surface area contributed by atoms with Gasteiger partial charge in [0.15, 0.2) is 0 Å². The summed E-state index contributed by atoms with van der Waals surface area (Å²) in [6, 6.07) is 8.24. The summed E-state index contributed by atoms with van der Waals surface area (Å²) in [5, 5.41) is 2.58. The number of anilines is 1. The van der Waals surface area contributed by atoms with E-state index in [9.17, 15) is 26.4 Å². The van der Waals surface area contributed by atoms with Crippen molar-refractivity contribution in [2.24, 2.45) is 0 Å². The van der Waals surface area contributed by atoms with Crippen molar-refractivity contribution in [2.45, 2.75) is 43.0 Å². The maximum atomic E-state index is 12.8. The minimum Gasteiger partial charge on any atom is -0.324 e. The molecule has 33 heavy (non-hydrogen) atoms. The molecule has 2 heterocycles. The van der Waals surface area contributed by atoms with E-state index < -0.39 is 38.1 Å². The molecule has 1 aliphatic rings. The molecule has 2 aromatic rings. The Morgan fingerprint density at radius 1 is 1.00 bits per heavy atom. The molecule has 12 heteroatoms. The number of hydrogen-bond donors (Lipinski definition) is 1. The van der Waals surface area contributed by atoms with Gasteiger partial charge in [-0.25, -0.2) is 16.8 Å². The number of carbonyl (C=O) groups excluding carboxylic acids is 1. The van der Waals surface area contributed by atoms with E-state index in [4.69, 9.17) is 0 Å². The van der Waals surface area contributed by atoms with Crippen LogP contribution in [0.25, 0.3) is 0 Å². The molecule has 0 spiro atoms. The van der Waals surface area contributed by atoms with Crippen LogP contribution in [0.5, 0.6) is 0 Å². The molecular weight excluding hydrogens is 468 g/mol. The fourth-order valence-electron chi connectivity index (χ4n) is 3.67. The van der Waals surface area contributed by atoms with Crippen LogP contribution >= 0.6 is 0 Å². The van der Waals surface area contributed by atoms with Crippen LogP contribution in [-0.2, 0) is 31.4 Å². The number of amides is 1. The van der Waals surface area contributed by atoms with Crippen LogP contribution in [0.3, 0.4) is 0 Å². The minimum atomic E-state index is -3.79. The number of sulfonamides is 2. The number of hydrogen-bond acceptors (Lipinski definition) is 6. The van der Waals surface area contributed by atoms with E-state index in [0.717, 1.165) is 29.7 Å². The van der Waals surface area contributed by atoms with Gasteiger partial charge in [0.05, 0.1) is 9.79 Å². The second-order valence-electron chi connectivity index (χ2n) is 7.61. The van der Waals surface area contributed by atoms with Gasteiger partial charge in [-0.1, -0.05) is 19.9 Å². The predicted octanol–water partition coefficient (Wildman–Crippen LogP) is 1.30. The molecule has 0 radical (unpaired) electrons. The van der Waals surface area contributed by atoms with Crippen molar-refractivity contribution in [3.63, 3.8) is 0 Å². The van der Waals surface area contributed by atoms with E-state index in [1.54, 1.807) is 19.9 Å². The van der Waals surface area contributed by atoms with Crippen molar-refractivity contribution < 1.29 is 21.6 Å². The lowest BCUT2D eigenvalue weighted by Crippen LogP contribution is -2.33. The average molecular weight is 497 g/mol. The maximum Gasteiger partial charge on any atom is 0.251 e. The summed E-state index contributed by atoms with van der Waals surface area (Å²) >= 11 is 0. The van der Waals surface area contributed by atoms with E-state index >= 15 is 0 Å². The maximum absolute atomic E-state index is 12.8. The molecule has 180 valence electrons. The highest BCUT2D eigenvalue weighted by Crippen LogP contribution is 2.23. The van der Waals surface area contributed by atoms with Gasteiger partial charge in [-0.05, 0) is 37.1 Å². The van der Waals surface area contributed by atoms with Crippen LogP contribution in [0.1, 0.15) is 26.7 Å². The Kier molecular flexibility index (Phi) is 7.73. The van der Waals surface area contributed by atoms with Crippen LogP contribution in [0.15, 0.2) is 57.2 Å². The third kappa shape index (κ3) is 5.52. The second kappa shape index (κ2) is 10.2. The van der Waals surface area contributed by atoms with Crippen LogP contribution in [0.2, 0.25) is 0 Å². The smallest absolute Gasteiger partial charge is 0.251 e. The number of aromatic nitrogens is 1. The highest BCUT2D eigenvalue weighted by molar-refractivity contribution is 7.89. The van der Waals surface area contributed by atoms with Crippen LogP contribution < -0.4 is 10.9 Å². The van der Waals surface area contributed by atoms with Gasteiger partial charge < -0.3 is 9.88 Å². The summed E-state index contributed by atoms with van der Waals surface area (Å²) < 4.78 is 54.6. The Balaban J connectivity index is 1.79. The Morgan fingerprint density at radius 2 is 1.67 bits per heavy atom. The van der Waals surface area contributed by atoms with E-state index in [-0.39, 0.29) is 28.6 Å². The van der Waals surface area contributed by atoms with E-state index in [1.807, 2.05) is 0 Å². The average Bonchev–Trinajstić information content (AvgIpc) is 3.32. The van der Waals surface area contributed by atoms with Crippen molar-refractivity contribution in [3.8, 4) is 0 Å². The molecule has 10 nitrogen and oxygen atoms in total. The highest BCUT2D eigenvalue weighted by Gasteiger charge is 2.27. The minimum absolute atomic E-state index is 0.0756. The standard InChI is InChI=1S/C21H28N4O6S2/c1-3-24(4-2)33(30,31)19-10-11-21(27)23(15-19)16-20(26)22-17-8-7-9-18(14-17)32(28,29)25-12-5-6-13-25/h7-11,14-15H,3-6,12-13,16H2,1-2H3,(H,22,26). The summed E-state index contributed by atoms with van der Waals surface area (Å²) in [6.07, 6.45) is 2.77. The zero-order valence-corrected chi connectivity index (χ0v) is 20.2. The highest BCUT2D eigenvalue weighted by atomic mass is 32.2. The number of carbonyl (C=O) groups is 1. The zero-order chi connectivity index (χ0) is 24.2. The fraction of sp³-hybridized carbons (Fsp3) is 0.429. The molecule has 1 fully saturated rings. The first kappa shape index (κ1) is 25.1. The van der Waals surface area contributed by atoms with E-state index in [2.05, 4.69) is 5.32 Å². The quantitative estimate of drug-likeness (QED) is 0.558. The molecular formula is C21H28N4O6S2. The number of rotatable bonds is 9. The molecule has 0 saturated carbocycles. The number of nitrogens with zero attached hydrogens (tertiary/aromatic N) is 3. The van der Waals surface area contributed by atoms with E-state index in [0.29, 0.717) is 13.1 Å². The Hall–Kier alpha value is -2.54. The molecule has 1 aliphatic heterocycles. The molecule has 1 amide bonds. The lowest BCUT2D eigenvalue weighted by atomic mass is 10.3. The van der Waals surface area contributed by atoms with Crippen molar-refractivity contribution >= 4 is 31.6 Å². The molecule has 0 aliphatic carbocycles. The van der Waals surface area contributed by atoms with Gasteiger partial charge in [0.25, 0.3) is 5.56 Å². The molecule has 1 saturated heterocycles. The summed E-state index contributed by atoms with van der Waals surface area (Å²) in [5.74, 6) is -0.592. The monoisotopic (exact) mass is 496 g/mol. The number of pyridine rings is 1. The largest absolute Gasteiger partial charge is 0.324 e. The summed E-state index contributed by atoms with van der Waals surface area (Å²) in [6.45, 7) is 4.47. The normalized spacial score (nSPS) is 15.1. The third-order valence-corrected chi connectivity index (χ3v) is 9.36. The Morgan fingerprint density at radius 3 is 2.30 bits per heavy atom. The van der Waals surface area contributed by atoms with Gasteiger partial charge in [-0.2, -0.15) is 8.61 Å². The van der Waals surface area contributed by atoms with Crippen molar-refractivity contribution in [1.29, 1.82) is 0 Å². The first-order valence-corrected chi connectivity index (χ1v) is 13.6. The number of benzene rings is 1. The molecule has 1 N–H and O–H groups in total. The van der Waals surface area contributed by atoms with Gasteiger partial charge in [-0.15, -0.1) is 0 Å². The number of nitrogens with one attached hydrogen (secondary N) is 1. The molecule has 1 aromatic heterocycles. The lowest BCUT2D eigenvalue weighted by Gasteiger charge is -2.19. The van der Waals surface area contributed by atoms with Gasteiger partial charge in [0, 0.05) is 44.1 Å². The van der Waals surface area contributed by atoms with Crippen molar-refractivity contribution in [2.75, 3.05) is 31.5 Å². The molecule has 0 bridgehead atoms. The second-order valence-corrected chi connectivity index (χ2v) is 11.5. The zero-order valence-electron chi connectivity index (χ0n) is 18.6. The molecule has 3 rings (SSSR count). The van der Waals surface area contributed by atoms with Gasteiger partial charge in [-0.3, -0.25) is 9.59 Å². The summed E-state index contributed by atoms with van der Waals surface area (Å²) in [4.78, 5) is 24.8.